The molecule has 0 atom stereocenters. The molecule has 0 radical (unpaired) electrons. The van der Waals surface area contributed by atoms with E-state index in [4.69, 9.17) is 9.26 Å². The van der Waals surface area contributed by atoms with Gasteiger partial charge >= 0.3 is 5.97 Å². The van der Waals surface area contributed by atoms with Gasteiger partial charge in [-0.1, -0.05) is 23.4 Å². The molecule has 8 nitrogen and oxygen atoms in total. The number of aromatic carboxylic acids is 1. The van der Waals surface area contributed by atoms with Gasteiger partial charge in [0.05, 0.1) is 29.6 Å². The summed E-state index contributed by atoms with van der Waals surface area (Å²) in [5.41, 5.74) is 5.50. The van der Waals surface area contributed by atoms with E-state index in [1.807, 2.05) is 19.9 Å². The molecule has 1 N–H and O–H groups in total. The predicted octanol–water partition coefficient (Wildman–Crippen LogP) is 4.53. The molecule has 2 heterocycles. The van der Waals surface area contributed by atoms with Gasteiger partial charge in [0.1, 0.15) is 17.3 Å². The molecule has 0 unspecified atom stereocenters. The maximum absolute atomic E-state index is 11.2. The molecule has 0 aliphatic heterocycles. The Hall–Kier alpha value is -3.94. The molecule has 0 amide bonds. The summed E-state index contributed by atoms with van der Waals surface area (Å²) in [5.74, 6) is 0.698. The highest BCUT2D eigenvalue weighted by Crippen LogP contribution is 2.32. The van der Waals surface area contributed by atoms with Crippen molar-refractivity contribution in [3.05, 3.63) is 64.6 Å². The molecule has 4 rings (SSSR count). The van der Waals surface area contributed by atoms with Crippen molar-refractivity contribution in [2.75, 3.05) is 7.11 Å². The fourth-order valence-corrected chi connectivity index (χ4v) is 3.77. The van der Waals surface area contributed by atoms with Crippen LogP contribution in [0.4, 0.5) is 0 Å². The lowest BCUT2D eigenvalue weighted by Crippen LogP contribution is -2.04. The van der Waals surface area contributed by atoms with Crippen LogP contribution < -0.4 is 4.74 Å². The summed E-state index contributed by atoms with van der Waals surface area (Å²) in [6.07, 6.45) is 0. The molecule has 0 saturated heterocycles. The topological polar surface area (TPSA) is 103 Å². The Morgan fingerprint density at radius 2 is 1.77 bits per heavy atom. The van der Waals surface area contributed by atoms with Crippen LogP contribution in [0, 0.1) is 27.7 Å². The average Bonchev–Trinajstić information content (AvgIpc) is 3.33. The van der Waals surface area contributed by atoms with Gasteiger partial charge in [-0.3, -0.25) is 4.57 Å². The van der Waals surface area contributed by atoms with Crippen LogP contribution in [-0.4, -0.2) is 37.9 Å². The molecule has 31 heavy (non-hydrogen) atoms. The van der Waals surface area contributed by atoms with Crippen molar-refractivity contribution in [2.45, 2.75) is 27.7 Å². The van der Waals surface area contributed by atoms with Gasteiger partial charge in [-0.15, -0.1) is 0 Å². The number of imidazole rings is 1. The highest BCUT2D eigenvalue weighted by atomic mass is 16.5. The molecule has 2 aromatic heterocycles. The maximum atomic E-state index is 11.2. The first-order valence-electron chi connectivity index (χ1n) is 9.70. The molecular formula is C23H22N4O4. The van der Waals surface area contributed by atoms with Crippen LogP contribution in [0.5, 0.6) is 5.75 Å². The van der Waals surface area contributed by atoms with Crippen LogP contribution in [0.15, 0.2) is 40.9 Å². The minimum atomic E-state index is -1.04. The Kier molecular flexibility index (Phi) is 5.06. The zero-order valence-electron chi connectivity index (χ0n) is 17.9. The van der Waals surface area contributed by atoms with Gasteiger partial charge in [-0.2, -0.15) is 4.98 Å². The zero-order valence-corrected chi connectivity index (χ0v) is 17.9. The second-order valence-corrected chi connectivity index (χ2v) is 7.31. The summed E-state index contributed by atoms with van der Waals surface area (Å²) < 4.78 is 12.9. The summed E-state index contributed by atoms with van der Waals surface area (Å²) in [6.45, 7) is 8.04. The average molecular weight is 418 g/mol. The lowest BCUT2D eigenvalue weighted by atomic mass is 10.1. The van der Waals surface area contributed by atoms with E-state index >= 15 is 0 Å². The molecule has 8 heteroatoms. The van der Waals surface area contributed by atoms with Crippen LogP contribution in [-0.2, 0) is 0 Å². The first-order chi connectivity index (χ1) is 14.8. The molecule has 158 valence electrons. The van der Waals surface area contributed by atoms with Crippen molar-refractivity contribution in [3.8, 4) is 34.4 Å². The van der Waals surface area contributed by atoms with E-state index in [2.05, 4.69) is 45.7 Å². The van der Waals surface area contributed by atoms with Crippen LogP contribution in [0.1, 0.15) is 33.0 Å². The number of hydrogen-bond acceptors (Lipinski definition) is 6. The summed E-state index contributed by atoms with van der Waals surface area (Å²) >= 11 is 0. The number of aryl methyl sites for hydroxylation is 3. The Balaban J connectivity index is 1.79. The standard InChI is InChI=1S/C23H22N4O4/c1-12-7-6-8-13(2)20(12)27-14(3)19(24-15(27)4)22-25-21(26-31-22)17-10-9-16(23(28)29)11-18(17)30-5/h6-11H,1-5H3,(H,28,29). The number of carbonyl (C=O) groups is 1. The van der Waals surface area contributed by atoms with Crippen LogP contribution >= 0.6 is 0 Å². The van der Waals surface area contributed by atoms with Gasteiger partial charge in [0.15, 0.2) is 0 Å². The molecule has 0 aliphatic carbocycles. The van der Waals surface area contributed by atoms with Crippen LogP contribution in [0.3, 0.4) is 0 Å². The Labute approximate surface area is 179 Å². The molecule has 4 aromatic rings. The first kappa shape index (κ1) is 20.3. The van der Waals surface area contributed by atoms with Crippen molar-refractivity contribution in [2.24, 2.45) is 0 Å². The maximum Gasteiger partial charge on any atom is 0.335 e. The number of hydrogen-bond donors (Lipinski definition) is 1. The number of rotatable bonds is 5. The first-order valence-corrected chi connectivity index (χ1v) is 9.70. The van der Waals surface area contributed by atoms with E-state index in [0.29, 0.717) is 22.8 Å². The molecule has 0 saturated carbocycles. The summed E-state index contributed by atoms with van der Waals surface area (Å²) in [4.78, 5) is 20.4. The smallest absolute Gasteiger partial charge is 0.335 e. The lowest BCUT2D eigenvalue weighted by molar-refractivity contribution is 0.0696. The number of carboxylic acids is 1. The number of aromatic nitrogens is 4. The van der Waals surface area contributed by atoms with E-state index in [-0.39, 0.29) is 11.5 Å². The normalized spacial score (nSPS) is 11.0. The van der Waals surface area contributed by atoms with Gasteiger partial charge in [0.2, 0.25) is 5.82 Å². The molecule has 0 spiro atoms. The van der Waals surface area contributed by atoms with E-state index in [9.17, 15) is 9.90 Å². The number of ether oxygens (including phenoxy) is 1. The van der Waals surface area contributed by atoms with Gasteiger partial charge in [-0.05, 0) is 57.0 Å². The number of benzene rings is 2. The Morgan fingerprint density at radius 3 is 2.42 bits per heavy atom. The largest absolute Gasteiger partial charge is 0.496 e. The molecule has 0 fully saturated rings. The van der Waals surface area contributed by atoms with Crippen molar-refractivity contribution in [1.82, 2.24) is 19.7 Å². The molecule has 0 aliphatic rings. The fourth-order valence-electron chi connectivity index (χ4n) is 3.77. The quantitative estimate of drug-likeness (QED) is 0.508. The highest BCUT2D eigenvalue weighted by molar-refractivity contribution is 5.89. The summed E-state index contributed by atoms with van der Waals surface area (Å²) in [7, 11) is 1.46. The molecular weight excluding hydrogens is 396 g/mol. The van der Waals surface area contributed by atoms with Gasteiger partial charge < -0.3 is 14.4 Å². The van der Waals surface area contributed by atoms with E-state index in [1.54, 1.807) is 6.07 Å². The van der Waals surface area contributed by atoms with E-state index < -0.39 is 5.97 Å². The molecule has 0 bridgehead atoms. The fraction of sp³-hybridized carbons (Fsp3) is 0.217. The van der Waals surface area contributed by atoms with E-state index in [0.717, 1.165) is 28.3 Å². The monoisotopic (exact) mass is 418 g/mol. The minimum Gasteiger partial charge on any atom is -0.496 e. The molecule has 2 aromatic carbocycles. The van der Waals surface area contributed by atoms with Gasteiger partial charge in [0.25, 0.3) is 5.89 Å². The van der Waals surface area contributed by atoms with Crippen LogP contribution in [0.25, 0.3) is 28.7 Å². The predicted molar refractivity (Wildman–Crippen MR) is 115 cm³/mol. The second kappa shape index (κ2) is 7.71. The van der Waals surface area contributed by atoms with Crippen molar-refractivity contribution < 1.29 is 19.2 Å². The Morgan fingerprint density at radius 1 is 1.06 bits per heavy atom. The number of para-hydroxylation sites is 1. The van der Waals surface area contributed by atoms with Crippen LogP contribution in [0.2, 0.25) is 0 Å². The van der Waals surface area contributed by atoms with Gasteiger partial charge in [-0.25, -0.2) is 9.78 Å². The number of carboxylic acid groups (broad SMARTS) is 1. The number of methoxy groups -OCH3 is 1. The third-order valence-corrected chi connectivity index (χ3v) is 5.26. The lowest BCUT2D eigenvalue weighted by Gasteiger charge is -2.14. The van der Waals surface area contributed by atoms with Crippen molar-refractivity contribution in [3.63, 3.8) is 0 Å². The summed E-state index contributed by atoms with van der Waals surface area (Å²) in [5, 5.41) is 13.3. The summed E-state index contributed by atoms with van der Waals surface area (Å²) in [6, 6.07) is 10.7. The Bertz CT molecular complexity index is 1280. The third kappa shape index (κ3) is 3.46. The highest BCUT2D eigenvalue weighted by Gasteiger charge is 2.22. The third-order valence-electron chi connectivity index (χ3n) is 5.26. The number of nitrogens with zero attached hydrogens (tertiary/aromatic N) is 4. The van der Waals surface area contributed by atoms with E-state index in [1.165, 1.54) is 19.2 Å². The minimum absolute atomic E-state index is 0.114. The second-order valence-electron chi connectivity index (χ2n) is 7.31. The van der Waals surface area contributed by atoms with Crippen molar-refractivity contribution in [1.29, 1.82) is 0 Å². The van der Waals surface area contributed by atoms with Gasteiger partial charge in [0, 0.05) is 0 Å². The van der Waals surface area contributed by atoms with Crippen molar-refractivity contribution >= 4 is 5.97 Å². The SMILES string of the molecule is COc1cc(C(=O)O)ccc1-c1noc(-c2nc(C)n(-c3c(C)cccc3C)c2C)n1. The zero-order chi connectivity index (χ0) is 22.3.